The minimum atomic E-state index is -1.40. The van der Waals surface area contributed by atoms with Crippen LogP contribution in [-0.2, 0) is 33.7 Å². The lowest BCUT2D eigenvalue weighted by atomic mass is 10.0. The van der Waals surface area contributed by atoms with Gasteiger partial charge in [0.1, 0.15) is 23.7 Å². The van der Waals surface area contributed by atoms with Gasteiger partial charge >= 0.3 is 12.1 Å². The summed E-state index contributed by atoms with van der Waals surface area (Å²) in [6.45, 7) is 12.8. The first-order valence-electron chi connectivity index (χ1n) is 31.7. The topological polar surface area (TPSA) is 251 Å². The molecule has 0 spiro atoms. The van der Waals surface area contributed by atoms with Crippen molar-refractivity contribution in [1.29, 1.82) is 10.5 Å². The number of hydrogen-bond donors (Lipinski definition) is 8. The maximum atomic E-state index is 13.4. The van der Waals surface area contributed by atoms with Crippen LogP contribution in [0.25, 0.3) is 0 Å². The third kappa shape index (κ3) is 16.2. The van der Waals surface area contributed by atoms with Crippen LogP contribution in [0, 0.1) is 22.7 Å². The molecule has 1 unspecified atom stereocenters. The first kappa shape index (κ1) is 64.0. The number of benzene rings is 4. The third-order valence-corrected chi connectivity index (χ3v) is 21.5. The van der Waals surface area contributed by atoms with Crippen molar-refractivity contribution < 1.29 is 33.1 Å². The lowest BCUT2D eigenvalue weighted by Crippen LogP contribution is -2.50. The van der Waals surface area contributed by atoms with Gasteiger partial charge in [0.25, 0.3) is 0 Å². The predicted octanol–water partition coefficient (Wildman–Crippen LogP) is 5.39. The highest BCUT2D eigenvalue weighted by Gasteiger charge is 2.49. The molecule has 8 N–H and O–H groups in total. The summed E-state index contributed by atoms with van der Waals surface area (Å²) < 4.78 is 45.5. The first-order valence-corrected chi connectivity index (χ1v) is 34.4. The van der Waals surface area contributed by atoms with Crippen LogP contribution in [0.5, 0.6) is 11.5 Å². The summed E-state index contributed by atoms with van der Waals surface area (Å²) >= 11 is 13.3. The maximum absolute atomic E-state index is 13.4. The molecule has 0 saturated carbocycles. The van der Waals surface area contributed by atoms with Gasteiger partial charge in [-0.15, -0.1) is 4.72 Å². The molecule has 4 aromatic carbocycles. The number of carbonyl (C=O) groups is 2. The molecular formula is C64H82Cl2N14O7S2. The number of amides is 4. The molecule has 8 aliphatic rings. The molecule has 21 nitrogen and oxygen atoms in total. The average molecular weight is 1290 g/mol. The number of nitrogens with zero attached hydrogens (tertiary/aromatic N) is 6. The summed E-state index contributed by atoms with van der Waals surface area (Å²) in [6.07, 6.45) is 6.69. The minimum absolute atomic E-state index is 0.0750. The van der Waals surface area contributed by atoms with E-state index in [1.54, 1.807) is 24.1 Å². The van der Waals surface area contributed by atoms with E-state index >= 15 is 0 Å². The van der Waals surface area contributed by atoms with E-state index in [9.17, 15) is 24.7 Å². The number of unbranched alkanes of at least 4 members (excludes halogenated alkanes) is 1. The molecular weight excluding hydrogens is 1210 g/mol. The lowest BCUT2D eigenvalue weighted by molar-refractivity contribution is 0.0614. The number of carbonyl (C=O) groups excluding carboxylic acids is 2. The Kier molecular flexibility index (Phi) is 21.9. The van der Waals surface area contributed by atoms with Crippen LogP contribution < -0.4 is 50.8 Å². The summed E-state index contributed by atoms with van der Waals surface area (Å²) in [4.78, 5) is 36.3. The van der Waals surface area contributed by atoms with E-state index in [4.69, 9.17) is 42.1 Å². The van der Waals surface area contributed by atoms with Crippen LogP contribution in [-0.4, -0.2) is 203 Å². The Balaban J connectivity index is 0.448. The fourth-order valence-corrected chi connectivity index (χ4v) is 16.6. The van der Waals surface area contributed by atoms with Gasteiger partial charge < -0.3 is 55.4 Å². The number of rotatable bonds is 29. The molecule has 4 aromatic rings. The highest BCUT2D eigenvalue weighted by atomic mass is 35.5. The number of halogens is 2. The van der Waals surface area contributed by atoms with Crippen molar-refractivity contribution in [3.63, 3.8) is 0 Å². The van der Waals surface area contributed by atoms with E-state index in [1.807, 2.05) is 48.5 Å². The highest BCUT2D eigenvalue weighted by Crippen LogP contribution is 2.46. The van der Waals surface area contributed by atoms with E-state index in [-0.39, 0.29) is 42.4 Å². The van der Waals surface area contributed by atoms with Crippen molar-refractivity contribution in [1.82, 2.24) is 60.9 Å². The van der Waals surface area contributed by atoms with E-state index in [0.29, 0.717) is 115 Å². The summed E-state index contributed by atoms with van der Waals surface area (Å²) in [5.41, 5.74) is 5.32. The number of urea groups is 2. The van der Waals surface area contributed by atoms with E-state index in [1.165, 1.54) is 0 Å². The highest BCUT2D eigenvalue weighted by molar-refractivity contribution is 7.97. The normalized spacial score (nSPS) is 26.5. The Morgan fingerprint density at radius 2 is 1.12 bits per heavy atom. The number of nitriles is 2. The van der Waals surface area contributed by atoms with Crippen molar-refractivity contribution in [3.8, 4) is 23.6 Å². The molecule has 4 amide bonds. The second-order valence-corrected chi connectivity index (χ2v) is 27.7. The lowest BCUT2D eigenvalue weighted by Gasteiger charge is -2.36. The second kappa shape index (κ2) is 30.5. The zero-order chi connectivity index (χ0) is 61.2. The van der Waals surface area contributed by atoms with Gasteiger partial charge in [0.2, 0.25) is 0 Å². The predicted molar refractivity (Wildman–Crippen MR) is 343 cm³/mol. The maximum Gasteiger partial charge on any atom is 0.314 e. The number of nitrogens with one attached hydrogen (secondary N) is 8. The number of ether oxygens (including phenoxy) is 4. The van der Waals surface area contributed by atoms with Crippen LogP contribution in [0.4, 0.5) is 9.59 Å². The van der Waals surface area contributed by atoms with Crippen LogP contribution >= 0.6 is 35.1 Å². The van der Waals surface area contributed by atoms with E-state index in [0.717, 1.165) is 150 Å². The Morgan fingerprint density at radius 1 is 0.640 bits per heavy atom. The van der Waals surface area contributed by atoms with Crippen molar-refractivity contribution >= 4 is 58.6 Å². The Hall–Kier alpha value is -5.16. The summed E-state index contributed by atoms with van der Waals surface area (Å²) in [5, 5.41) is 39.6. The number of fused-ring (bicyclic) bond motifs is 6. The van der Waals surface area contributed by atoms with Gasteiger partial charge in [-0.3, -0.25) is 24.3 Å². The number of hydrogen-bond acceptors (Lipinski definition) is 18. The Morgan fingerprint density at radius 3 is 1.61 bits per heavy atom. The Labute approximate surface area is 539 Å². The van der Waals surface area contributed by atoms with Gasteiger partial charge in [0.15, 0.2) is 4.90 Å². The average Bonchev–Trinajstić information content (AvgIpc) is 1.86. The first-order chi connectivity index (χ1) is 43.5. The Bertz CT molecular complexity index is 3170. The summed E-state index contributed by atoms with van der Waals surface area (Å²) in [5.74, 6) is 1.49. The molecule has 476 valence electrons. The molecule has 0 aromatic heterocycles. The standard InChI is InChI=1S/C64H82Cl2N14O7S2/c65-43-25-41(33-67)55-31-59(79-39-47-29-49(79)35-73-47)61(57(55)27-43)86-51-3-7-53(8-4-51)88-75-45-11-17-77(37-45)19-23-84-21-15-71-63(81)69-13-1-2-14-70-64(82)72-16-22-85-24-20-78-18-12-46(38-78)76-89(83)54-9-5-52(6-10-54)87-62-58-28-44(66)26-42(34-68)56(58)32-60(62)80-40-48-30-50(80)36-74-48/h3-10,25-28,45-50,59-62,73-76H,1-2,11-24,29-32,35-40H2,(H2,69,71,81)(H2,70,72,82)/t45-,46-,47-,48-,49-,50-,59-,60-,61-,62-,89?/m0/s1. The van der Waals surface area contributed by atoms with Crippen LogP contribution in [0.3, 0.4) is 0 Å². The molecule has 11 atom stereocenters. The monoisotopic (exact) mass is 1290 g/mol. The minimum Gasteiger partial charge on any atom is -0.593 e. The van der Waals surface area contributed by atoms with Gasteiger partial charge in [-0.1, -0.05) is 23.2 Å². The third-order valence-electron chi connectivity index (χ3n) is 18.8. The van der Waals surface area contributed by atoms with Crippen LogP contribution in [0.15, 0.2) is 82.6 Å². The molecule has 0 radical (unpaired) electrons. The molecule has 2 aliphatic carbocycles. The fraction of sp³-hybridized carbons (Fsp3) is 0.562. The zero-order valence-electron chi connectivity index (χ0n) is 50.2. The van der Waals surface area contributed by atoms with Crippen LogP contribution in [0.1, 0.15) is 84.1 Å². The zero-order valence-corrected chi connectivity index (χ0v) is 53.3. The van der Waals surface area contributed by atoms with Gasteiger partial charge in [-0.2, -0.15) is 10.5 Å². The molecule has 25 heteroatoms. The molecule has 89 heavy (non-hydrogen) atoms. The summed E-state index contributed by atoms with van der Waals surface area (Å²) in [6, 6.07) is 30.0. The smallest absolute Gasteiger partial charge is 0.314 e. The van der Waals surface area contributed by atoms with Gasteiger partial charge in [0, 0.05) is 124 Å². The SMILES string of the molecule is N#Cc1cc(Cl)cc2c1C[C@H](N1C[C@@H]3C[C@H]1CN3)[C@H]2Oc1ccc(SN[C@H]2CCN(CCOCCNC(=O)NCCCCNC(=O)NCCOCCN3CC[C@H](N[S+]([O-])c4ccc(O[C@H]5c6cc(Cl)cc(C#N)c6C[C@@H]5N5C[C@@H]6C[C@H]5CN6)cc4)C3)C2)cc1. The number of likely N-dealkylation sites (tertiary alicyclic amines) is 4. The molecule has 6 saturated heterocycles. The molecule has 6 fully saturated rings. The van der Waals surface area contributed by atoms with E-state index in [2.05, 4.69) is 85.2 Å². The molecule has 6 aliphatic heterocycles. The quantitative estimate of drug-likeness (QED) is 0.0193. The molecule has 6 heterocycles. The van der Waals surface area contributed by atoms with Crippen molar-refractivity contribution in [2.45, 2.75) is 122 Å². The van der Waals surface area contributed by atoms with Crippen molar-refractivity contribution in [2.24, 2.45) is 0 Å². The van der Waals surface area contributed by atoms with Crippen molar-refractivity contribution in [2.75, 3.05) is 118 Å². The fourth-order valence-electron chi connectivity index (χ4n) is 14.4. The largest absolute Gasteiger partial charge is 0.593 e. The molecule has 4 bridgehead atoms. The van der Waals surface area contributed by atoms with Gasteiger partial charge in [0.05, 0.1) is 79.2 Å². The summed E-state index contributed by atoms with van der Waals surface area (Å²) in [7, 11) is 0. The second-order valence-electron chi connectivity index (χ2n) is 24.7. The van der Waals surface area contributed by atoms with Crippen molar-refractivity contribution in [3.05, 3.63) is 116 Å². The van der Waals surface area contributed by atoms with E-state index < -0.39 is 11.4 Å². The number of piperazine rings is 2. The van der Waals surface area contributed by atoms with Gasteiger partial charge in [-0.25, -0.2) is 9.59 Å². The van der Waals surface area contributed by atoms with Gasteiger partial charge in [-0.05, 0) is 171 Å². The molecule has 12 rings (SSSR count). The van der Waals surface area contributed by atoms with Crippen LogP contribution in [0.2, 0.25) is 10.0 Å².